The topological polar surface area (TPSA) is 21.3 Å². The van der Waals surface area contributed by atoms with Crippen molar-refractivity contribution in [3.63, 3.8) is 0 Å². The van der Waals surface area contributed by atoms with E-state index in [1.54, 1.807) is 0 Å². The molecule has 104 valence electrons. The lowest BCUT2D eigenvalue weighted by atomic mass is 10.0. The molecular formula is C16H23NOS. The number of thiophene rings is 1. The molecule has 19 heavy (non-hydrogen) atoms. The van der Waals surface area contributed by atoms with Crippen molar-refractivity contribution in [3.8, 4) is 0 Å². The molecule has 3 heteroatoms. The summed E-state index contributed by atoms with van der Waals surface area (Å²) in [6, 6.07) is 9.01. The molecule has 0 saturated heterocycles. The third-order valence-electron chi connectivity index (χ3n) is 3.42. The molecule has 0 amide bonds. The Kier molecular flexibility index (Phi) is 5.37. The van der Waals surface area contributed by atoms with Crippen LogP contribution in [0.25, 0.3) is 10.1 Å². The fraction of sp³-hybridized carbons (Fsp3) is 0.500. The molecule has 0 aliphatic heterocycles. The average Bonchev–Trinajstić information content (AvgIpc) is 2.82. The Morgan fingerprint density at radius 2 is 2.05 bits per heavy atom. The zero-order chi connectivity index (χ0) is 13.7. The van der Waals surface area contributed by atoms with E-state index in [1.165, 1.54) is 15.6 Å². The lowest BCUT2D eigenvalue weighted by Crippen LogP contribution is -2.37. The number of hydrogen-bond acceptors (Lipinski definition) is 3. The second-order valence-corrected chi connectivity index (χ2v) is 6.06. The predicted octanol–water partition coefficient (Wildman–Crippen LogP) is 4.05. The smallest absolute Gasteiger partial charge is 0.0622 e. The first kappa shape index (κ1) is 14.5. The molecule has 0 fully saturated rings. The van der Waals surface area contributed by atoms with Crippen LogP contribution in [0.4, 0.5) is 0 Å². The minimum absolute atomic E-state index is 0.415. The summed E-state index contributed by atoms with van der Waals surface area (Å²) in [6.45, 7) is 9.01. The maximum atomic E-state index is 5.55. The van der Waals surface area contributed by atoms with Crippen molar-refractivity contribution in [3.05, 3.63) is 35.2 Å². The maximum absolute atomic E-state index is 5.55. The summed E-state index contributed by atoms with van der Waals surface area (Å²) in [5.74, 6) is 0.580. The molecule has 0 aliphatic rings. The van der Waals surface area contributed by atoms with Crippen molar-refractivity contribution in [2.24, 2.45) is 5.92 Å². The van der Waals surface area contributed by atoms with E-state index in [0.717, 1.165) is 19.8 Å². The highest BCUT2D eigenvalue weighted by molar-refractivity contribution is 7.17. The van der Waals surface area contributed by atoms with E-state index >= 15 is 0 Å². The predicted molar refractivity (Wildman–Crippen MR) is 83.8 cm³/mol. The van der Waals surface area contributed by atoms with Crippen molar-refractivity contribution in [1.82, 2.24) is 5.32 Å². The first-order valence-electron chi connectivity index (χ1n) is 6.98. The van der Waals surface area contributed by atoms with Gasteiger partial charge in [-0.25, -0.2) is 0 Å². The van der Waals surface area contributed by atoms with E-state index in [9.17, 15) is 0 Å². The molecule has 0 saturated carbocycles. The Labute approximate surface area is 119 Å². The molecule has 1 atom stereocenters. The van der Waals surface area contributed by atoms with Crippen LogP contribution in [0.2, 0.25) is 0 Å². The van der Waals surface area contributed by atoms with Gasteiger partial charge in [0, 0.05) is 23.9 Å². The van der Waals surface area contributed by atoms with Gasteiger partial charge in [0.2, 0.25) is 0 Å². The van der Waals surface area contributed by atoms with Crippen molar-refractivity contribution < 1.29 is 4.74 Å². The fourth-order valence-corrected chi connectivity index (χ4v) is 3.11. The quantitative estimate of drug-likeness (QED) is 0.824. The van der Waals surface area contributed by atoms with Gasteiger partial charge in [0.05, 0.1) is 6.61 Å². The number of rotatable bonds is 7. The van der Waals surface area contributed by atoms with E-state index in [2.05, 4.69) is 48.8 Å². The van der Waals surface area contributed by atoms with Gasteiger partial charge in [-0.3, -0.25) is 0 Å². The van der Waals surface area contributed by atoms with Crippen molar-refractivity contribution in [1.29, 1.82) is 0 Å². The Morgan fingerprint density at radius 3 is 2.79 bits per heavy atom. The SMILES string of the molecule is CCOCC(NCc1csc2ccccc12)C(C)C. The minimum atomic E-state index is 0.415. The van der Waals surface area contributed by atoms with E-state index < -0.39 is 0 Å². The summed E-state index contributed by atoms with van der Waals surface area (Å²) in [4.78, 5) is 0. The molecule has 2 rings (SSSR count). The zero-order valence-corrected chi connectivity index (χ0v) is 12.8. The monoisotopic (exact) mass is 277 g/mol. The van der Waals surface area contributed by atoms with Gasteiger partial charge in [0.15, 0.2) is 0 Å². The lowest BCUT2D eigenvalue weighted by Gasteiger charge is -2.22. The van der Waals surface area contributed by atoms with Crippen LogP contribution in [0.15, 0.2) is 29.6 Å². The molecule has 2 nitrogen and oxygen atoms in total. The Bertz CT molecular complexity index is 506. The lowest BCUT2D eigenvalue weighted by molar-refractivity contribution is 0.108. The Balaban J connectivity index is 2.00. The number of ether oxygens (including phenoxy) is 1. The van der Waals surface area contributed by atoms with Crippen LogP contribution in [0.1, 0.15) is 26.3 Å². The van der Waals surface area contributed by atoms with Crippen molar-refractivity contribution >= 4 is 21.4 Å². The largest absolute Gasteiger partial charge is 0.380 e. The third kappa shape index (κ3) is 3.78. The molecule has 0 bridgehead atoms. The molecule has 0 radical (unpaired) electrons. The van der Waals surface area contributed by atoms with Gasteiger partial charge in [0.1, 0.15) is 0 Å². The highest BCUT2D eigenvalue weighted by Gasteiger charge is 2.13. The van der Waals surface area contributed by atoms with Gasteiger partial charge in [-0.1, -0.05) is 32.0 Å². The number of fused-ring (bicyclic) bond motifs is 1. The van der Waals surface area contributed by atoms with Gasteiger partial charge in [-0.2, -0.15) is 0 Å². The van der Waals surface area contributed by atoms with Crippen LogP contribution < -0.4 is 5.32 Å². The van der Waals surface area contributed by atoms with Crippen LogP contribution in [0, 0.1) is 5.92 Å². The molecule has 1 heterocycles. The fourth-order valence-electron chi connectivity index (χ4n) is 2.14. The van der Waals surface area contributed by atoms with Gasteiger partial charge >= 0.3 is 0 Å². The molecule has 1 N–H and O–H groups in total. The van der Waals surface area contributed by atoms with Crippen molar-refractivity contribution in [2.45, 2.75) is 33.4 Å². The van der Waals surface area contributed by atoms with Crippen LogP contribution in [-0.2, 0) is 11.3 Å². The normalized spacial score (nSPS) is 13.3. The van der Waals surface area contributed by atoms with Crippen molar-refractivity contribution in [2.75, 3.05) is 13.2 Å². The van der Waals surface area contributed by atoms with Crippen LogP contribution in [0.5, 0.6) is 0 Å². The van der Waals surface area contributed by atoms with Crippen LogP contribution in [0.3, 0.4) is 0 Å². The van der Waals surface area contributed by atoms with Gasteiger partial charge in [0.25, 0.3) is 0 Å². The number of hydrogen-bond donors (Lipinski definition) is 1. The van der Waals surface area contributed by atoms with E-state index in [1.807, 2.05) is 18.3 Å². The summed E-state index contributed by atoms with van der Waals surface area (Å²) in [6.07, 6.45) is 0. The van der Waals surface area contributed by atoms with Gasteiger partial charge in [-0.05, 0) is 35.2 Å². The summed E-state index contributed by atoms with van der Waals surface area (Å²) in [7, 11) is 0. The standard InChI is InChI=1S/C16H23NOS/c1-4-18-10-15(12(2)3)17-9-13-11-19-16-8-6-5-7-14(13)16/h5-8,11-12,15,17H,4,9-10H2,1-3H3. The molecule has 0 spiro atoms. The summed E-state index contributed by atoms with van der Waals surface area (Å²) in [5, 5.41) is 7.26. The summed E-state index contributed by atoms with van der Waals surface area (Å²) < 4.78 is 6.92. The first-order chi connectivity index (χ1) is 9.22. The minimum Gasteiger partial charge on any atom is -0.380 e. The average molecular weight is 277 g/mol. The van der Waals surface area contributed by atoms with E-state index in [4.69, 9.17) is 4.74 Å². The highest BCUT2D eigenvalue weighted by atomic mass is 32.1. The molecule has 1 aromatic carbocycles. The molecule has 2 aromatic rings. The first-order valence-corrected chi connectivity index (χ1v) is 7.86. The second-order valence-electron chi connectivity index (χ2n) is 5.15. The molecule has 1 unspecified atom stereocenters. The molecule has 0 aliphatic carbocycles. The number of nitrogens with one attached hydrogen (secondary N) is 1. The zero-order valence-electron chi connectivity index (χ0n) is 12.0. The number of benzene rings is 1. The summed E-state index contributed by atoms with van der Waals surface area (Å²) >= 11 is 1.82. The van der Waals surface area contributed by atoms with Gasteiger partial charge in [-0.15, -0.1) is 11.3 Å². The van der Waals surface area contributed by atoms with E-state index in [-0.39, 0.29) is 0 Å². The third-order valence-corrected chi connectivity index (χ3v) is 4.43. The second kappa shape index (κ2) is 7.04. The van der Waals surface area contributed by atoms with Crippen LogP contribution in [-0.4, -0.2) is 19.3 Å². The van der Waals surface area contributed by atoms with Crippen LogP contribution >= 0.6 is 11.3 Å². The Morgan fingerprint density at radius 1 is 1.26 bits per heavy atom. The van der Waals surface area contributed by atoms with E-state index in [0.29, 0.717) is 12.0 Å². The highest BCUT2D eigenvalue weighted by Crippen LogP contribution is 2.25. The summed E-state index contributed by atoms with van der Waals surface area (Å²) in [5.41, 5.74) is 1.39. The molecule has 1 aromatic heterocycles. The Hall–Kier alpha value is -0.900. The van der Waals surface area contributed by atoms with Gasteiger partial charge < -0.3 is 10.1 Å². The maximum Gasteiger partial charge on any atom is 0.0622 e. The molecular weight excluding hydrogens is 254 g/mol.